The Balaban J connectivity index is 1.81. The van der Waals surface area contributed by atoms with Crippen LogP contribution in [0.15, 0.2) is 40.7 Å². The Morgan fingerprint density at radius 1 is 1.29 bits per heavy atom. The molecule has 2 heterocycles. The van der Waals surface area contributed by atoms with Gasteiger partial charge in [-0.1, -0.05) is 17.7 Å². The van der Waals surface area contributed by atoms with Crippen LogP contribution >= 0.6 is 22.9 Å². The van der Waals surface area contributed by atoms with Crippen LogP contribution in [0.3, 0.4) is 0 Å². The predicted molar refractivity (Wildman–Crippen MR) is 117 cm³/mol. The molecule has 7 heteroatoms. The number of rotatable bonds is 7. The summed E-state index contributed by atoms with van der Waals surface area (Å²) in [5, 5.41) is 9.70. The monoisotopic (exact) mass is 421 g/mol. The van der Waals surface area contributed by atoms with Crippen LogP contribution in [0.1, 0.15) is 30.2 Å². The molecule has 152 valence electrons. The van der Waals surface area contributed by atoms with Crippen LogP contribution < -0.4 is 15.4 Å². The standard InChI is InChI=1S/C21H28ClN3O2S/c1-3-23-20(24-14-17-5-4-12-28-17)25-15-21(8-10-27-11-9-21)18-13-16(22)6-7-19(18)26-2/h4-7,12-13H,3,8-11,14-15H2,1-2H3,(H2,23,24,25). The fourth-order valence-electron chi connectivity index (χ4n) is 3.55. The summed E-state index contributed by atoms with van der Waals surface area (Å²) in [5.74, 6) is 1.69. The zero-order chi connectivity index (χ0) is 19.8. The van der Waals surface area contributed by atoms with E-state index in [1.165, 1.54) is 4.88 Å². The number of benzene rings is 1. The third kappa shape index (κ3) is 5.19. The second kappa shape index (κ2) is 10.1. The highest BCUT2D eigenvalue weighted by molar-refractivity contribution is 7.09. The van der Waals surface area contributed by atoms with E-state index in [9.17, 15) is 0 Å². The number of nitrogens with one attached hydrogen (secondary N) is 2. The molecule has 2 N–H and O–H groups in total. The highest BCUT2D eigenvalue weighted by atomic mass is 35.5. The molecule has 0 atom stereocenters. The van der Waals surface area contributed by atoms with Crippen LogP contribution in [-0.2, 0) is 16.7 Å². The first-order valence-electron chi connectivity index (χ1n) is 9.63. The fraction of sp³-hybridized carbons (Fsp3) is 0.476. The average Bonchev–Trinajstić information content (AvgIpc) is 3.24. The molecule has 2 aromatic rings. The van der Waals surface area contributed by atoms with Crippen molar-refractivity contribution in [1.29, 1.82) is 0 Å². The molecule has 1 aromatic heterocycles. The predicted octanol–water partition coefficient (Wildman–Crippen LogP) is 4.21. The smallest absolute Gasteiger partial charge is 0.191 e. The van der Waals surface area contributed by atoms with E-state index in [2.05, 4.69) is 35.1 Å². The van der Waals surface area contributed by atoms with Crippen molar-refractivity contribution < 1.29 is 9.47 Å². The molecule has 1 fully saturated rings. The van der Waals surface area contributed by atoms with Gasteiger partial charge in [0.2, 0.25) is 0 Å². The minimum atomic E-state index is -0.117. The van der Waals surface area contributed by atoms with Crippen molar-refractivity contribution in [2.24, 2.45) is 4.99 Å². The second-order valence-electron chi connectivity index (χ2n) is 6.87. The third-order valence-corrected chi connectivity index (χ3v) is 6.19. The highest BCUT2D eigenvalue weighted by Gasteiger charge is 2.37. The second-order valence-corrected chi connectivity index (χ2v) is 8.33. The topological polar surface area (TPSA) is 54.9 Å². The summed E-state index contributed by atoms with van der Waals surface area (Å²) in [7, 11) is 1.71. The van der Waals surface area contributed by atoms with Gasteiger partial charge in [-0.05, 0) is 49.4 Å². The Kier molecular flexibility index (Phi) is 7.59. The van der Waals surface area contributed by atoms with E-state index in [1.54, 1.807) is 18.4 Å². The van der Waals surface area contributed by atoms with Crippen LogP contribution in [0, 0.1) is 0 Å². The first-order chi connectivity index (χ1) is 13.7. The molecule has 5 nitrogen and oxygen atoms in total. The van der Waals surface area contributed by atoms with E-state index in [1.807, 2.05) is 18.2 Å². The summed E-state index contributed by atoms with van der Waals surface area (Å²) in [6.45, 7) is 5.74. The van der Waals surface area contributed by atoms with Crippen LogP contribution in [0.2, 0.25) is 5.02 Å². The van der Waals surface area contributed by atoms with Gasteiger partial charge in [0.25, 0.3) is 0 Å². The summed E-state index contributed by atoms with van der Waals surface area (Å²) >= 11 is 8.05. The molecule has 1 saturated heterocycles. The van der Waals surface area contributed by atoms with E-state index in [0.717, 1.165) is 61.4 Å². The summed E-state index contributed by atoms with van der Waals surface area (Å²) in [4.78, 5) is 5.99. The summed E-state index contributed by atoms with van der Waals surface area (Å²) in [5.41, 5.74) is 1.01. The maximum atomic E-state index is 6.33. The Morgan fingerprint density at radius 3 is 2.79 bits per heavy atom. The molecule has 3 rings (SSSR count). The normalized spacial score (nSPS) is 16.6. The molecule has 0 saturated carbocycles. The number of nitrogens with zero attached hydrogens (tertiary/aromatic N) is 1. The lowest BCUT2D eigenvalue weighted by Crippen LogP contribution is -2.48. The van der Waals surface area contributed by atoms with Crippen molar-refractivity contribution in [3.8, 4) is 5.75 Å². The van der Waals surface area contributed by atoms with Gasteiger partial charge in [0.05, 0.1) is 13.7 Å². The molecule has 0 spiro atoms. The first-order valence-corrected chi connectivity index (χ1v) is 10.9. The Hall–Kier alpha value is -1.76. The lowest BCUT2D eigenvalue weighted by atomic mass is 9.73. The number of halogens is 1. The minimum absolute atomic E-state index is 0.117. The summed E-state index contributed by atoms with van der Waals surface area (Å²) < 4.78 is 11.3. The highest BCUT2D eigenvalue weighted by Crippen LogP contribution is 2.40. The Morgan fingerprint density at radius 2 is 2.11 bits per heavy atom. The zero-order valence-corrected chi connectivity index (χ0v) is 18.0. The lowest BCUT2D eigenvalue weighted by Gasteiger charge is -2.39. The fourth-order valence-corrected chi connectivity index (χ4v) is 4.35. The van der Waals surface area contributed by atoms with Crippen molar-refractivity contribution >= 4 is 28.9 Å². The molecule has 0 amide bonds. The largest absolute Gasteiger partial charge is 0.496 e. The van der Waals surface area contributed by atoms with Crippen molar-refractivity contribution in [2.45, 2.75) is 31.7 Å². The van der Waals surface area contributed by atoms with Crippen LogP contribution in [-0.4, -0.2) is 39.4 Å². The molecule has 0 radical (unpaired) electrons. The molecular weight excluding hydrogens is 394 g/mol. The van der Waals surface area contributed by atoms with Gasteiger partial charge >= 0.3 is 0 Å². The van der Waals surface area contributed by atoms with Crippen molar-refractivity contribution in [1.82, 2.24) is 10.6 Å². The van der Waals surface area contributed by atoms with Gasteiger partial charge < -0.3 is 20.1 Å². The van der Waals surface area contributed by atoms with E-state index in [-0.39, 0.29) is 5.41 Å². The number of guanidine groups is 1. The van der Waals surface area contributed by atoms with Gasteiger partial charge in [-0.15, -0.1) is 11.3 Å². The SMILES string of the molecule is CCNC(=NCc1cccs1)NCC1(c2cc(Cl)ccc2OC)CCOCC1. The number of hydrogen-bond donors (Lipinski definition) is 2. The van der Waals surface area contributed by atoms with Crippen LogP contribution in [0.25, 0.3) is 0 Å². The Bertz CT molecular complexity index is 774. The lowest BCUT2D eigenvalue weighted by molar-refractivity contribution is 0.0505. The van der Waals surface area contributed by atoms with Crippen LogP contribution in [0.4, 0.5) is 0 Å². The summed E-state index contributed by atoms with van der Waals surface area (Å²) in [6.07, 6.45) is 1.81. The van der Waals surface area contributed by atoms with E-state index < -0.39 is 0 Å². The Labute approximate surface area is 176 Å². The van der Waals surface area contributed by atoms with Crippen molar-refractivity contribution in [3.05, 3.63) is 51.2 Å². The number of aliphatic imine (C=N–C) groups is 1. The van der Waals surface area contributed by atoms with Crippen molar-refractivity contribution in [3.63, 3.8) is 0 Å². The van der Waals surface area contributed by atoms with E-state index in [0.29, 0.717) is 6.54 Å². The van der Waals surface area contributed by atoms with Crippen LogP contribution in [0.5, 0.6) is 5.75 Å². The maximum Gasteiger partial charge on any atom is 0.191 e. The van der Waals surface area contributed by atoms with Gasteiger partial charge in [-0.2, -0.15) is 0 Å². The molecular formula is C21H28ClN3O2S. The van der Waals surface area contributed by atoms with Gasteiger partial charge in [0, 0.05) is 47.2 Å². The van der Waals surface area contributed by atoms with Crippen molar-refractivity contribution in [2.75, 3.05) is 33.4 Å². The molecule has 28 heavy (non-hydrogen) atoms. The molecule has 0 unspecified atom stereocenters. The van der Waals surface area contributed by atoms with Gasteiger partial charge in [-0.25, -0.2) is 4.99 Å². The van der Waals surface area contributed by atoms with Gasteiger partial charge in [0.1, 0.15) is 5.75 Å². The number of methoxy groups -OCH3 is 1. The summed E-state index contributed by atoms with van der Waals surface area (Å²) in [6, 6.07) is 10.0. The van der Waals surface area contributed by atoms with E-state index >= 15 is 0 Å². The van der Waals surface area contributed by atoms with Gasteiger partial charge in [0.15, 0.2) is 5.96 Å². The quantitative estimate of drug-likeness (QED) is 0.519. The number of ether oxygens (including phenoxy) is 2. The maximum absolute atomic E-state index is 6.33. The van der Waals surface area contributed by atoms with Gasteiger partial charge in [-0.3, -0.25) is 0 Å². The first kappa shape index (κ1) is 21.0. The molecule has 1 aromatic carbocycles. The third-order valence-electron chi connectivity index (χ3n) is 5.09. The molecule has 1 aliphatic rings. The number of thiophene rings is 1. The average molecular weight is 422 g/mol. The zero-order valence-electron chi connectivity index (χ0n) is 16.5. The number of hydrogen-bond acceptors (Lipinski definition) is 4. The van der Waals surface area contributed by atoms with E-state index in [4.69, 9.17) is 26.1 Å². The molecule has 1 aliphatic heterocycles. The molecule has 0 bridgehead atoms. The minimum Gasteiger partial charge on any atom is -0.496 e. The molecule has 0 aliphatic carbocycles.